The molecule has 0 amide bonds. The van der Waals surface area contributed by atoms with Crippen LogP contribution in [0.5, 0.6) is 0 Å². The Morgan fingerprint density at radius 2 is 1.85 bits per heavy atom. The van der Waals surface area contributed by atoms with E-state index >= 15 is 0 Å². The Kier molecular flexibility index (Phi) is 5.00. The average Bonchev–Trinajstić information content (AvgIpc) is 3.40. The molecular weight excluding hydrogens is 340 g/mol. The van der Waals surface area contributed by atoms with Crippen molar-refractivity contribution >= 4 is 11.8 Å². The number of anilines is 2. The van der Waals surface area contributed by atoms with E-state index in [4.69, 9.17) is 14.4 Å². The summed E-state index contributed by atoms with van der Waals surface area (Å²) in [5, 5.41) is 8.35. The van der Waals surface area contributed by atoms with Crippen molar-refractivity contribution in [2.24, 2.45) is 0 Å². The lowest BCUT2D eigenvalue weighted by Gasteiger charge is -2.21. The predicted molar refractivity (Wildman–Crippen MR) is 105 cm³/mol. The highest BCUT2D eigenvalue weighted by atomic mass is 16.4. The Balaban J connectivity index is 1.53. The summed E-state index contributed by atoms with van der Waals surface area (Å²) < 4.78 is 5.83. The number of aryl methyl sites for hydroxylation is 1. The predicted octanol–water partition coefficient (Wildman–Crippen LogP) is 3.33. The van der Waals surface area contributed by atoms with Gasteiger partial charge in [-0.3, -0.25) is 0 Å². The summed E-state index contributed by atoms with van der Waals surface area (Å²) >= 11 is 0. The summed E-state index contributed by atoms with van der Waals surface area (Å²) in [5.41, 5.74) is 1.97. The Hall–Kier alpha value is -2.96. The molecule has 1 fully saturated rings. The van der Waals surface area contributed by atoms with Crippen molar-refractivity contribution in [1.29, 1.82) is 0 Å². The Bertz CT molecular complexity index is 888. The van der Waals surface area contributed by atoms with Gasteiger partial charge in [0, 0.05) is 37.5 Å². The third-order valence-corrected chi connectivity index (χ3v) is 4.76. The van der Waals surface area contributed by atoms with Crippen LogP contribution in [-0.2, 0) is 13.0 Å². The number of nitrogens with zero attached hydrogens (tertiary/aromatic N) is 6. The van der Waals surface area contributed by atoms with Crippen LogP contribution in [0.3, 0.4) is 0 Å². The van der Waals surface area contributed by atoms with E-state index in [9.17, 15) is 0 Å². The van der Waals surface area contributed by atoms with Gasteiger partial charge < -0.3 is 14.2 Å². The molecule has 2 aromatic heterocycles. The first-order chi connectivity index (χ1) is 13.2. The van der Waals surface area contributed by atoms with Crippen molar-refractivity contribution in [3.63, 3.8) is 0 Å². The van der Waals surface area contributed by atoms with Crippen molar-refractivity contribution < 1.29 is 4.42 Å². The van der Waals surface area contributed by atoms with Gasteiger partial charge in [-0.1, -0.05) is 25.1 Å². The quantitative estimate of drug-likeness (QED) is 0.664. The third-order valence-electron chi connectivity index (χ3n) is 4.76. The van der Waals surface area contributed by atoms with Gasteiger partial charge in [0.2, 0.25) is 17.7 Å². The van der Waals surface area contributed by atoms with Gasteiger partial charge in [-0.25, -0.2) is 4.98 Å². The minimum Gasteiger partial charge on any atom is -0.419 e. The maximum atomic E-state index is 5.83. The Morgan fingerprint density at radius 3 is 2.59 bits per heavy atom. The number of aromatic nitrogens is 4. The fourth-order valence-corrected chi connectivity index (χ4v) is 3.20. The minimum absolute atomic E-state index is 0.499. The van der Waals surface area contributed by atoms with E-state index in [0.717, 1.165) is 42.5 Å². The molecule has 3 aromatic rings. The molecule has 7 heteroatoms. The Labute approximate surface area is 159 Å². The van der Waals surface area contributed by atoms with Crippen LogP contribution in [0, 0.1) is 0 Å². The SMILES string of the molecule is CCc1cc(N(C)Cc2nnc(-c3ccccc3)o2)nc(N2CCCC2)n1. The van der Waals surface area contributed by atoms with E-state index < -0.39 is 0 Å². The van der Waals surface area contributed by atoms with Crippen LogP contribution >= 0.6 is 0 Å². The van der Waals surface area contributed by atoms with E-state index in [0.29, 0.717) is 18.3 Å². The molecule has 3 heterocycles. The molecule has 0 aliphatic carbocycles. The first-order valence-electron chi connectivity index (χ1n) is 9.45. The van der Waals surface area contributed by atoms with Crippen LogP contribution in [0.1, 0.15) is 31.4 Å². The first-order valence-corrected chi connectivity index (χ1v) is 9.45. The van der Waals surface area contributed by atoms with Gasteiger partial charge in [0.1, 0.15) is 5.82 Å². The average molecular weight is 364 g/mol. The molecule has 0 unspecified atom stereocenters. The van der Waals surface area contributed by atoms with Crippen LogP contribution in [0.4, 0.5) is 11.8 Å². The van der Waals surface area contributed by atoms with Gasteiger partial charge in [0.25, 0.3) is 0 Å². The molecule has 0 saturated carbocycles. The summed E-state index contributed by atoms with van der Waals surface area (Å²) in [7, 11) is 1.99. The molecule has 1 aromatic carbocycles. The van der Waals surface area contributed by atoms with Gasteiger partial charge >= 0.3 is 0 Å². The topological polar surface area (TPSA) is 71.2 Å². The fourth-order valence-electron chi connectivity index (χ4n) is 3.20. The molecular formula is C20H24N6O. The minimum atomic E-state index is 0.499. The van der Waals surface area contributed by atoms with Crippen molar-refractivity contribution in [2.75, 3.05) is 29.9 Å². The zero-order valence-corrected chi connectivity index (χ0v) is 15.8. The van der Waals surface area contributed by atoms with Crippen LogP contribution in [0.15, 0.2) is 40.8 Å². The zero-order chi connectivity index (χ0) is 18.6. The first kappa shape index (κ1) is 17.5. The molecule has 1 aliphatic rings. The molecule has 4 rings (SSSR count). The molecule has 1 aliphatic heterocycles. The van der Waals surface area contributed by atoms with Gasteiger partial charge in [0.15, 0.2) is 0 Å². The van der Waals surface area contributed by atoms with Crippen molar-refractivity contribution in [3.05, 3.63) is 48.0 Å². The highest BCUT2D eigenvalue weighted by Crippen LogP contribution is 2.23. The molecule has 27 heavy (non-hydrogen) atoms. The molecule has 0 bridgehead atoms. The molecule has 0 atom stereocenters. The van der Waals surface area contributed by atoms with Gasteiger partial charge in [-0.2, -0.15) is 4.98 Å². The monoisotopic (exact) mass is 364 g/mol. The lowest BCUT2D eigenvalue weighted by molar-refractivity contribution is 0.502. The smallest absolute Gasteiger partial charge is 0.247 e. The summed E-state index contributed by atoms with van der Waals surface area (Å²) in [6, 6.07) is 11.8. The second-order valence-corrected chi connectivity index (χ2v) is 6.79. The second kappa shape index (κ2) is 7.73. The number of benzene rings is 1. The van der Waals surface area contributed by atoms with Gasteiger partial charge in [-0.05, 0) is 31.4 Å². The highest BCUT2D eigenvalue weighted by molar-refractivity contribution is 5.52. The van der Waals surface area contributed by atoms with Crippen molar-refractivity contribution in [1.82, 2.24) is 20.2 Å². The van der Waals surface area contributed by atoms with E-state index in [1.54, 1.807) is 0 Å². The number of hydrogen-bond acceptors (Lipinski definition) is 7. The molecule has 0 N–H and O–H groups in total. The van der Waals surface area contributed by atoms with Crippen molar-refractivity contribution in [2.45, 2.75) is 32.7 Å². The summed E-state index contributed by atoms with van der Waals surface area (Å²) in [6.45, 7) is 4.67. The highest BCUT2D eigenvalue weighted by Gasteiger charge is 2.18. The normalized spacial score (nSPS) is 13.9. The summed E-state index contributed by atoms with van der Waals surface area (Å²) in [5.74, 6) is 2.80. The van der Waals surface area contributed by atoms with E-state index in [1.807, 2.05) is 48.3 Å². The van der Waals surface area contributed by atoms with E-state index in [2.05, 4.69) is 22.0 Å². The van der Waals surface area contributed by atoms with Crippen LogP contribution in [0.25, 0.3) is 11.5 Å². The zero-order valence-electron chi connectivity index (χ0n) is 15.8. The fraction of sp³-hybridized carbons (Fsp3) is 0.400. The van der Waals surface area contributed by atoms with Crippen LogP contribution in [-0.4, -0.2) is 40.3 Å². The maximum Gasteiger partial charge on any atom is 0.247 e. The molecule has 1 saturated heterocycles. The number of hydrogen-bond donors (Lipinski definition) is 0. The van der Waals surface area contributed by atoms with Crippen LogP contribution < -0.4 is 9.80 Å². The molecule has 0 spiro atoms. The molecule has 0 radical (unpaired) electrons. The van der Waals surface area contributed by atoms with Crippen molar-refractivity contribution in [3.8, 4) is 11.5 Å². The summed E-state index contributed by atoms with van der Waals surface area (Å²) in [4.78, 5) is 13.8. The third kappa shape index (κ3) is 3.92. The number of rotatable bonds is 6. The van der Waals surface area contributed by atoms with Gasteiger partial charge in [0.05, 0.1) is 6.54 Å². The lowest BCUT2D eigenvalue weighted by Crippen LogP contribution is -2.24. The van der Waals surface area contributed by atoms with E-state index in [1.165, 1.54) is 12.8 Å². The van der Waals surface area contributed by atoms with Gasteiger partial charge in [-0.15, -0.1) is 10.2 Å². The molecule has 140 valence electrons. The summed E-state index contributed by atoms with van der Waals surface area (Å²) in [6.07, 6.45) is 3.28. The maximum absolute atomic E-state index is 5.83. The lowest BCUT2D eigenvalue weighted by atomic mass is 10.2. The molecule has 7 nitrogen and oxygen atoms in total. The Morgan fingerprint density at radius 1 is 1.07 bits per heavy atom. The second-order valence-electron chi connectivity index (χ2n) is 6.79. The van der Waals surface area contributed by atoms with Crippen LogP contribution in [0.2, 0.25) is 0 Å². The largest absolute Gasteiger partial charge is 0.419 e. The standard InChI is InChI=1S/C20H24N6O/c1-3-16-13-17(22-20(21-16)26-11-7-8-12-26)25(2)14-18-23-24-19(27-18)15-9-5-4-6-10-15/h4-6,9-10,13H,3,7-8,11-12,14H2,1-2H3. The van der Waals surface area contributed by atoms with E-state index in [-0.39, 0.29) is 0 Å².